The molecule has 3 nitrogen and oxygen atoms in total. The number of hydrogen-bond acceptors (Lipinski definition) is 3. The number of halogens is 1. The molecule has 0 aliphatic heterocycles. The molecule has 2 aromatic rings. The first kappa shape index (κ1) is 10.8. The quantitative estimate of drug-likeness (QED) is 0.887. The molecular weight excluding hydrogens is 234 g/mol. The highest BCUT2D eigenvalue weighted by Gasteiger charge is 2.19. The zero-order chi connectivity index (χ0) is 11.8. The predicted octanol–water partition coefficient (Wildman–Crippen LogP) is 3.21. The van der Waals surface area contributed by atoms with E-state index in [-0.39, 0.29) is 0 Å². The van der Waals surface area contributed by atoms with Crippen LogP contribution in [0.1, 0.15) is 25.1 Å². The van der Waals surface area contributed by atoms with Crippen LogP contribution in [0.2, 0.25) is 5.02 Å². The lowest BCUT2D eigenvalue weighted by Crippen LogP contribution is -2.16. The van der Waals surface area contributed by atoms with Gasteiger partial charge in [-0.3, -0.25) is 0 Å². The van der Waals surface area contributed by atoms with Crippen LogP contribution in [0.15, 0.2) is 18.2 Å². The molecule has 1 aromatic carbocycles. The maximum Gasteiger partial charge on any atom is 0.135 e. The number of nitrogens with two attached hydrogens (primary N) is 1. The Balaban J connectivity index is 2.01. The second-order valence-electron chi connectivity index (χ2n) is 4.69. The molecule has 1 fully saturated rings. The number of nitrogens with zero attached hydrogens (tertiary/aromatic N) is 2. The monoisotopic (exact) mass is 247 g/mol. The molecule has 0 spiro atoms. The number of aromatic nitrogens is 2. The van der Waals surface area contributed by atoms with Crippen molar-refractivity contribution in [3.63, 3.8) is 0 Å². The summed E-state index contributed by atoms with van der Waals surface area (Å²) in [7, 11) is 0. The van der Waals surface area contributed by atoms with Gasteiger partial charge in [-0.05, 0) is 24.1 Å². The summed E-state index contributed by atoms with van der Waals surface area (Å²) in [4.78, 5) is 8.92. The van der Waals surface area contributed by atoms with Gasteiger partial charge in [0, 0.05) is 16.8 Å². The second-order valence-corrected chi connectivity index (χ2v) is 5.12. The zero-order valence-corrected chi connectivity index (χ0v) is 10.2. The van der Waals surface area contributed by atoms with Crippen molar-refractivity contribution in [1.29, 1.82) is 0 Å². The highest BCUT2D eigenvalue weighted by atomic mass is 35.5. The smallest absolute Gasteiger partial charge is 0.135 e. The normalized spacial score (nSPS) is 16.1. The van der Waals surface area contributed by atoms with E-state index in [2.05, 4.69) is 9.97 Å². The van der Waals surface area contributed by atoms with Crippen molar-refractivity contribution in [1.82, 2.24) is 9.97 Å². The highest BCUT2D eigenvalue weighted by Crippen LogP contribution is 2.30. The van der Waals surface area contributed by atoms with E-state index in [1.54, 1.807) is 0 Å². The first-order chi connectivity index (χ1) is 8.22. The molecular formula is C13H14ClN3. The molecule has 0 atom stereocenters. The first-order valence-electron chi connectivity index (χ1n) is 5.94. The predicted molar refractivity (Wildman–Crippen MR) is 70.0 cm³/mol. The Labute approximate surface area is 105 Å². The van der Waals surface area contributed by atoms with Crippen LogP contribution in [0.4, 0.5) is 5.82 Å². The van der Waals surface area contributed by atoms with E-state index in [9.17, 15) is 0 Å². The van der Waals surface area contributed by atoms with Crippen molar-refractivity contribution in [3.8, 4) is 0 Å². The van der Waals surface area contributed by atoms with Gasteiger partial charge in [-0.1, -0.05) is 30.9 Å². The van der Waals surface area contributed by atoms with Crippen molar-refractivity contribution >= 4 is 28.3 Å². The number of rotatable bonds is 2. The third-order valence-electron chi connectivity index (χ3n) is 3.43. The number of nitrogen functional groups attached to an aromatic ring is 1. The Kier molecular flexibility index (Phi) is 2.63. The van der Waals surface area contributed by atoms with E-state index in [0.717, 1.165) is 29.1 Å². The van der Waals surface area contributed by atoms with Gasteiger partial charge in [-0.2, -0.15) is 0 Å². The molecule has 1 heterocycles. The lowest BCUT2D eigenvalue weighted by molar-refractivity contribution is 0.309. The molecule has 1 aliphatic carbocycles. The van der Waals surface area contributed by atoms with Gasteiger partial charge >= 0.3 is 0 Å². The van der Waals surface area contributed by atoms with Crippen LogP contribution in [-0.4, -0.2) is 9.97 Å². The van der Waals surface area contributed by atoms with Crippen molar-refractivity contribution in [2.45, 2.75) is 25.7 Å². The standard InChI is InChI=1S/C13H14ClN3/c14-9-4-5-11-10(7-9)13(15)17-12(16-11)6-8-2-1-3-8/h4-5,7-8H,1-3,6H2,(H2,15,16,17). The summed E-state index contributed by atoms with van der Waals surface area (Å²) in [5, 5.41) is 1.51. The fraction of sp³-hybridized carbons (Fsp3) is 0.385. The maximum atomic E-state index is 5.95. The van der Waals surface area contributed by atoms with Crippen LogP contribution in [-0.2, 0) is 6.42 Å². The third-order valence-corrected chi connectivity index (χ3v) is 3.66. The minimum absolute atomic E-state index is 0.534. The van der Waals surface area contributed by atoms with E-state index in [1.165, 1.54) is 19.3 Å². The molecule has 3 rings (SSSR count). The molecule has 88 valence electrons. The minimum Gasteiger partial charge on any atom is -0.383 e. The summed E-state index contributed by atoms with van der Waals surface area (Å²) in [6.07, 6.45) is 4.87. The van der Waals surface area contributed by atoms with Gasteiger partial charge in [0.1, 0.15) is 11.6 Å². The molecule has 1 saturated carbocycles. The van der Waals surface area contributed by atoms with Crippen LogP contribution in [0, 0.1) is 5.92 Å². The Morgan fingerprint density at radius 2 is 2.12 bits per heavy atom. The summed E-state index contributed by atoms with van der Waals surface area (Å²) in [5.41, 5.74) is 6.84. The van der Waals surface area contributed by atoms with Crippen molar-refractivity contribution in [2.24, 2.45) is 5.92 Å². The van der Waals surface area contributed by atoms with Crippen LogP contribution in [0.5, 0.6) is 0 Å². The highest BCUT2D eigenvalue weighted by molar-refractivity contribution is 6.31. The van der Waals surface area contributed by atoms with Crippen molar-refractivity contribution in [2.75, 3.05) is 5.73 Å². The van der Waals surface area contributed by atoms with E-state index < -0.39 is 0 Å². The van der Waals surface area contributed by atoms with Gasteiger partial charge in [-0.25, -0.2) is 9.97 Å². The lowest BCUT2D eigenvalue weighted by Gasteiger charge is -2.24. The first-order valence-corrected chi connectivity index (χ1v) is 6.32. The molecule has 17 heavy (non-hydrogen) atoms. The number of fused-ring (bicyclic) bond motifs is 1. The minimum atomic E-state index is 0.534. The van der Waals surface area contributed by atoms with E-state index in [0.29, 0.717) is 10.8 Å². The van der Waals surface area contributed by atoms with E-state index in [1.807, 2.05) is 18.2 Å². The molecule has 0 saturated heterocycles. The Morgan fingerprint density at radius 1 is 1.29 bits per heavy atom. The van der Waals surface area contributed by atoms with Gasteiger partial charge in [0.2, 0.25) is 0 Å². The molecule has 0 radical (unpaired) electrons. The summed E-state index contributed by atoms with van der Waals surface area (Å²) in [6.45, 7) is 0. The SMILES string of the molecule is Nc1nc(CC2CCC2)nc2ccc(Cl)cc12. The number of benzene rings is 1. The van der Waals surface area contributed by atoms with Gasteiger partial charge in [-0.15, -0.1) is 0 Å². The van der Waals surface area contributed by atoms with Crippen molar-refractivity contribution < 1.29 is 0 Å². The summed E-state index contributed by atoms with van der Waals surface area (Å²) >= 11 is 5.94. The van der Waals surface area contributed by atoms with Crippen LogP contribution in [0.3, 0.4) is 0 Å². The molecule has 0 bridgehead atoms. The van der Waals surface area contributed by atoms with Gasteiger partial charge in [0.05, 0.1) is 5.52 Å². The zero-order valence-electron chi connectivity index (χ0n) is 9.49. The van der Waals surface area contributed by atoms with Crippen molar-refractivity contribution in [3.05, 3.63) is 29.0 Å². The summed E-state index contributed by atoms with van der Waals surface area (Å²) < 4.78 is 0. The largest absolute Gasteiger partial charge is 0.383 e. The molecule has 0 unspecified atom stereocenters. The third kappa shape index (κ3) is 2.07. The van der Waals surface area contributed by atoms with Gasteiger partial charge in [0.25, 0.3) is 0 Å². The topological polar surface area (TPSA) is 51.8 Å². The fourth-order valence-electron chi connectivity index (χ4n) is 2.22. The Bertz CT molecular complexity index is 564. The van der Waals surface area contributed by atoms with Gasteiger partial charge in [0.15, 0.2) is 0 Å². The Hall–Kier alpha value is -1.35. The summed E-state index contributed by atoms with van der Waals surface area (Å²) in [5.74, 6) is 2.15. The second kappa shape index (κ2) is 4.15. The molecule has 4 heteroatoms. The molecule has 0 amide bonds. The number of hydrogen-bond donors (Lipinski definition) is 1. The average molecular weight is 248 g/mol. The maximum absolute atomic E-state index is 5.95. The molecule has 2 N–H and O–H groups in total. The average Bonchev–Trinajstić information content (AvgIpc) is 2.25. The fourth-order valence-corrected chi connectivity index (χ4v) is 2.39. The lowest BCUT2D eigenvalue weighted by atomic mass is 9.83. The van der Waals surface area contributed by atoms with Crippen LogP contribution >= 0.6 is 11.6 Å². The van der Waals surface area contributed by atoms with E-state index in [4.69, 9.17) is 17.3 Å². The van der Waals surface area contributed by atoms with Crippen LogP contribution < -0.4 is 5.73 Å². The Morgan fingerprint density at radius 3 is 2.82 bits per heavy atom. The molecule has 1 aliphatic rings. The van der Waals surface area contributed by atoms with E-state index >= 15 is 0 Å². The van der Waals surface area contributed by atoms with Crippen LogP contribution in [0.25, 0.3) is 10.9 Å². The molecule has 1 aromatic heterocycles. The van der Waals surface area contributed by atoms with Gasteiger partial charge < -0.3 is 5.73 Å². The summed E-state index contributed by atoms with van der Waals surface area (Å²) in [6, 6.07) is 5.56. The number of anilines is 1.